The fourth-order valence-electron chi connectivity index (χ4n) is 2.67. The van der Waals surface area contributed by atoms with Crippen molar-refractivity contribution < 1.29 is 14.8 Å². The van der Waals surface area contributed by atoms with Crippen molar-refractivity contribution >= 4 is 11.8 Å². The summed E-state index contributed by atoms with van der Waals surface area (Å²) in [4.78, 5) is 15.7. The standard InChI is InChI=1S/C17H11N3O3/c21-15(22)10-19-7-3-4-11(9-19)12-5-1-2-6-13(12)14-8-18-16-17(23)20(14)16/h1-10H,(H-,21,22). The summed E-state index contributed by atoms with van der Waals surface area (Å²) < 4.78 is 3.06. The van der Waals surface area contributed by atoms with E-state index in [2.05, 4.69) is 4.98 Å². The number of imidazole rings is 1. The van der Waals surface area contributed by atoms with Crippen molar-refractivity contribution in [2.24, 2.45) is 0 Å². The van der Waals surface area contributed by atoms with Crippen LogP contribution in [-0.4, -0.2) is 14.5 Å². The summed E-state index contributed by atoms with van der Waals surface area (Å²) in [5.41, 5.74) is 3.78. The second-order valence-corrected chi connectivity index (χ2v) is 5.16. The van der Waals surface area contributed by atoms with Crippen molar-refractivity contribution in [1.82, 2.24) is 9.38 Å². The number of aromatic nitrogens is 3. The molecule has 3 aromatic heterocycles. The van der Waals surface area contributed by atoms with E-state index in [-0.39, 0.29) is 5.56 Å². The van der Waals surface area contributed by atoms with Gasteiger partial charge in [-0.2, -0.15) is 4.57 Å². The van der Waals surface area contributed by atoms with Crippen molar-refractivity contribution in [2.75, 3.05) is 0 Å². The summed E-state index contributed by atoms with van der Waals surface area (Å²) in [6.45, 7) is 0. The van der Waals surface area contributed by atoms with Crippen LogP contribution in [0.1, 0.15) is 0 Å². The first-order chi connectivity index (χ1) is 11.1. The zero-order valence-electron chi connectivity index (χ0n) is 11.9. The Bertz CT molecular complexity index is 1060. The maximum Gasteiger partial charge on any atom is 0.300 e. The molecule has 1 aromatic carbocycles. The first-order valence-electron chi connectivity index (χ1n) is 6.96. The molecule has 0 saturated heterocycles. The van der Waals surface area contributed by atoms with E-state index in [1.54, 1.807) is 29.1 Å². The van der Waals surface area contributed by atoms with Gasteiger partial charge in [-0.25, -0.2) is 4.98 Å². The van der Waals surface area contributed by atoms with E-state index in [1.165, 1.54) is 4.57 Å². The van der Waals surface area contributed by atoms with Gasteiger partial charge in [0, 0.05) is 17.2 Å². The van der Waals surface area contributed by atoms with Gasteiger partial charge in [-0.05, 0) is 11.6 Å². The number of hydrogen-bond acceptors (Lipinski definition) is 4. The normalized spacial score (nSPS) is 12.3. The Hall–Kier alpha value is -3.41. The van der Waals surface area contributed by atoms with Gasteiger partial charge in [0.2, 0.25) is 5.65 Å². The maximum atomic E-state index is 11.6. The molecule has 0 aliphatic carbocycles. The van der Waals surface area contributed by atoms with Gasteiger partial charge in [-0.1, -0.05) is 24.3 Å². The van der Waals surface area contributed by atoms with Crippen LogP contribution in [0.4, 0.5) is 0 Å². The van der Waals surface area contributed by atoms with Crippen LogP contribution >= 0.6 is 0 Å². The Balaban J connectivity index is 1.88. The molecule has 0 aliphatic rings. The number of aliphatic hydroxyl groups excluding tert-OH is 1. The lowest BCUT2D eigenvalue weighted by Crippen LogP contribution is -2.27. The number of rotatable bonds is 3. The topological polar surface area (TPSA) is 81.5 Å². The molecule has 0 bridgehead atoms. The van der Waals surface area contributed by atoms with E-state index in [4.69, 9.17) is 5.11 Å². The Morgan fingerprint density at radius 3 is 2.70 bits per heavy atom. The van der Waals surface area contributed by atoms with E-state index in [1.807, 2.05) is 30.3 Å². The lowest BCUT2D eigenvalue weighted by Gasteiger charge is -2.07. The quantitative estimate of drug-likeness (QED) is 0.450. The average molecular weight is 305 g/mol. The number of fused-ring (bicyclic) bond motifs is 1. The predicted molar refractivity (Wildman–Crippen MR) is 81.8 cm³/mol. The molecule has 112 valence electrons. The van der Waals surface area contributed by atoms with Crippen molar-refractivity contribution in [1.29, 1.82) is 0 Å². The zero-order chi connectivity index (χ0) is 16.0. The number of benzene rings is 1. The largest absolute Gasteiger partial charge is 0.625 e. The highest BCUT2D eigenvalue weighted by molar-refractivity contribution is 5.83. The molecule has 0 amide bonds. The molecule has 0 spiro atoms. The number of pyridine rings is 1. The summed E-state index contributed by atoms with van der Waals surface area (Å²) in [6, 6.07) is 11.3. The second-order valence-electron chi connectivity index (χ2n) is 5.16. The minimum absolute atomic E-state index is 0.0698. The van der Waals surface area contributed by atoms with Crippen LogP contribution in [0.25, 0.3) is 34.2 Å². The molecule has 23 heavy (non-hydrogen) atoms. The van der Waals surface area contributed by atoms with Gasteiger partial charge in [0.25, 0.3) is 0 Å². The van der Waals surface area contributed by atoms with Gasteiger partial charge < -0.3 is 10.2 Å². The Kier molecular flexibility index (Phi) is 2.77. The van der Waals surface area contributed by atoms with Crippen LogP contribution in [0.15, 0.2) is 65.7 Å². The predicted octanol–water partition coefficient (Wildman–Crippen LogP) is 0.866. The summed E-state index contributed by atoms with van der Waals surface area (Å²) >= 11 is 0. The SMILES string of the molecule is O=c1c2ncc(-c3ccccc3-c3ccc[n+](/C=C(/[O-])O)c3)n12. The fraction of sp³-hybridized carbons (Fsp3) is 0. The molecule has 6 nitrogen and oxygen atoms in total. The number of nitrogens with zero attached hydrogens (tertiary/aromatic N) is 3. The van der Waals surface area contributed by atoms with Crippen LogP contribution in [-0.2, 0) is 0 Å². The van der Waals surface area contributed by atoms with Crippen LogP contribution in [0, 0.1) is 0 Å². The Morgan fingerprint density at radius 2 is 2.00 bits per heavy atom. The second kappa shape index (κ2) is 4.81. The first-order valence-corrected chi connectivity index (χ1v) is 6.96. The van der Waals surface area contributed by atoms with Crippen LogP contribution in [0.5, 0.6) is 0 Å². The molecule has 0 radical (unpaired) electrons. The molecule has 1 N–H and O–H groups in total. The minimum atomic E-state index is -1.02. The average Bonchev–Trinajstić information content (AvgIpc) is 2.98. The smallest absolute Gasteiger partial charge is 0.300 e. The Morgan fingerprint density at radius 1 is 1.22 bits per heavy atom. The first kappa shape index (κ1) is 13.3. The highest BCUT2D eigenvalue weighted by atomic mass is 16.5. The number of hydrogen-bond donors (Lipinski definition) is 1. The van der Waals surface area contributed by atoms with Gasteiger partial charge in [0.1, 0.15) is 5.95 Å². The van der Waals surface area contributed by atoms with Gasteiger partial charge >= 0.3 is 5.56 Å². The molecule has 0 aliphatic heterocycles. The highest BCUT2D eigenvalue weighted by Gasteiger charge is 2.21. The monoisotopic (exact) mass is 305 g/mol. The fourth-order valence-corrected chi connectivity index (χ4v) is 2.67. The molecular weight excluding hydrogens is 294 g/mol. The van der Waals surface area contributed by atoms with Gasteiger partial charge in [-0.3, -0.25) is 9.20 Å². The van der Waals surface area contributed by atoms with E-state index in [9.17, 15) is 9.90 Å². The molecule has 0 unspecified atom stereocenters. The minimum Gasteiger partial charge on any atom is -0.625 e. The van der Waals surface area contributed by atoms with Crippen molar-refractivity contribution in [3.05, 3.63) is 71.3 Å². The third-order valence-corrected chi connectivity index (χ3v) is 3.70. The van der Waals surface area contributed by atoms with Crippen LogP contribution < -0.4 is 15.2 Å². The number of aliphatic hydroxyl groups is 1. The van der Waals surface area contributed by atoms with E-state index < -0.39 is 5.95 Å². The summed E-state index contributed by atoms with van der Waals surface area (Å²) in [6.07, 6.45) is 6.14. The van der Waals surface area contributed by atoms with Gasteiger partial charge in [0.05, 0.1) is 11.9 Å². The summed E-state index contributed by atoms with van der Waals surface area (Å²) in [5, 5.41) is 19.7. The van der Waals surface area contributed by atoms with Crippen molar-refractivity contribution in [3.8, 4) is 22.4 Å². The molecule has 4 aromatic rings. The molecule has 0 atom stereocenters. The summed E-state index contributed by atoms with van der Waals surface area (Å²) in [7, 11) is 0. The lowest BCUT2D eigenvalue weighted by molar-refractivity contribution is -0.574. The molecule has 4 rings (SSSR count). The molecular formula is C17H11N3O3. The van der Waals surface area contributed by atoms with E-state index in [0.717, 1.165) is 28.6 Å². The van der Waals surface area contributed by atoms with E-state index >= 15 is 0 Å². The Labute approximate surface area is 130 Å². The summed E-state index contributed by atoms with van der Waals surface area (Å²) in [5.74, 6) is -1.02. The molecule has 6 heteroatoms. The molecule has 3 heterocycles. The zero-order valence-corrected chi connectivity index (χ0v) is 11.9. The van der Waals surface area contributed by atoms with E-state index in [0.29, 0.717) is 5.65 Å². The van der Waals surface area contributed by atoms with Gasteiger partial charge in [-0.15, -0.1) is 0 Å². The maximum absolute atomic E-state index is 11.6. The molecule has 0 fully saturated rings. The third-order valence-electron chi connectivity index (χ3n) is 3.70. The molecule has 0 saturated carbocycles. The van der Waals surface area contributed by atoms with Gasteiger partial charge in [0.15, 0.2) is 18.6 Å². The van der Waals surface area contributed by atoms with Crippen LogP contribution in [0.3, 0.4) is 0 Å². The highest BCUT2D eigenvalue weighted by Crippen LogP contribution is 2.31. The van der Waals surface area contributed by atoms with Crippen LogP contribution in [0.2, 0.25) is 0 Å². The third kappa shape index (κ3) is 2.17. The van der Waals surface area contributed by atoms with Crippen molar-refractivity contribution in [2.45, 2.75) is 0 Å². The lowest BCUT2D eigenvalue weighted by atomic mass is 9.99. The van der Waals surface area contributed by atoms with Crippen molar-refractivity contribution in [3.63, 3.8) is 0 Å².